The largest absolute Gasteiger partial charge is 0.295 e. The van der Waals surface area contributed by atoms with Crippen LogP contribution >= 0.6 is 0 Å². The first-order chi connectivity index (χ1) is 17.0. The Balaban J connectivity index is 1.59. The van der Waals surface area contributed by atoms with Crippen LogP contribution < -0.4 is 0 Å². The molecule has 0 bridgehead atoms. The average molecular weight is 519 g/mol. The zero-order valence-electron chi connectivity index (χ0n) is 19.0. The monoisotopic (exact) mass is 518 g/mol. The molecule has 4 aromatic rings. The molecule has 0 aliphatic rings. The van der Waals surface area contributed by atoms with E-state index in [4.69, 9.17) is 0 Å². The molecule has 0 radical (unpaired) electrons. The van der Waals surface area contributed by atoms with Crippen molar-refractivity contribution < 1.29 is 25.9 Å². The zero-order valence-corrected chi connectivity index (χ0v) is 20.6. The summed E-state index contributed by atoms with van der Waals surface area (Å²) in [5.41, 5.74) is 4.73. The second-order valence-electron chi connectivity index (χ2n) is 8.05. The second-order valence-corrected chi connectivity index (χ2v) is 10.8. The summed E-state index contributed by atoms with van der Waals surface area (Å²) in [5.74, 6) is 0. The quantitative estimate of drug-likeness (QED) is 0.292. The lowest BCUT2D eigenvalue weighted by Gasteiger charge is -2.12. The first-order valence-electron chi connectivity index (χ1n) is 10.7. The van der Waals surface area contributed by atoms with Crippen molar-refractivity contribution in [1.29, 1.82) is 0 Å². The zero-order chi connectivity index (χ0) is 26.1. The van der Waals surface area contributed by atoms with E-state index in [2.05, 4.69) is 13.2 Å². The van der Waals surface area contributed by atoms with E-state index in [9.17, 15) is 25.9 Å². The van der Waals surface area contributed by atoms with Gasteiger partial charge in [-0.15, -0.1) is 0 Å². The van der Waals surface area contributed by atoms with E-state index in [1.165, 1.54) is 24.3 Å². The molecule has 0 aromatic heterocycles. The van der Waals surface area contributed by atoms with Crippen molar-refractivity contribution in [1.82, 2.24) is 0 Å². The average Bonchev–Trinajstić information content (AvgIpc) is 2.87. The molecule has 0 aliphatic heterocycles. The van der Waals surface area contributed by atoms with Crippen LogP contribution in [-0.4, -0.2) is 25.9 Å². The Morgan fingerprint density at radius 3 is 1.11 bits per heavy atom. The molecule has 36 heavy (non-hydrogen) atoms. The highest BCUT2D eigenvalue weighted by Gasteiger charge is 2.18. The van der Waals surface area contributed by atoms with E-state index in [0.29, 0.717) is 33.4 Å². The molecule has 0 heterocycles. The Kier molecular flexibility index (Phi) is 6.79. The molecule has 8 heteroatoms. The standard InChI is InChI=1S/C28H22O6S2/c1-19(25-7-3-5-9-27(25)35(29,30)31)21-11-15-23(16-12-21)24-17-13-22(14-18-24)20(2)26-8-4-6-10-28(26)36(32,33)34/h3-18H,1-2H2,(H,29,30,31)(H,32,33,34). The van der Waals surface area contributed by atoms with Crippen LogP contribution in [0.2, 0.25) is 0 Å². The fraction of sp³-hybridized carbons (Fsp3) is 0. The number of rotatable bonds is 7. The molecule has 182 valence electrons. The Morgan fingerprint density at radius 1 is 0.500 bits per heavy atom. The van der Waals surface area contributed by atoms with E-state index in [1.807, 2.05) is 48.5 Å². The summed E-state index contributed by atoms with van der Waals surface area (Å²) < 4.78 is 66.0. The minimum atomic E-state index is -4.40. The fourth-order valence-electron chi connectivity index (χ4n) is 3.92. The molecule has 4 aromatic carbocycles. The van der Waals surface area contributed by atoms with Crippen LogP contribution in [0.1, 0.15) is 22.3 Å². The third kappa shape index (κ3) is 5.22. The van der Waals surface area contributed by atoms with Gasteiger partial charge >= 0.3 is 0 Å². The van der Waals surface area contributed by atoms with Gasteiger partial charge in [0.05, 0.1) is 0 Å². The molecule has 0 saturated heterocycles. The van der Waals surface area contributed by atoms with Crippen LogP contribution in [-0.2, 0) is 20.2 Å². The molecule has 0 aliphatic carbocycles. The number of hydrogen-bond acceptors (Lipinski definition) is 4. The van der Waals surface area contributed by atoms with Gasteiger partial charge in [0.2, 0.25) is 0 Å². The van der Waals surface area contributed by atoms with Crippen LogP contribution in [0, 0.1) is 0 Å². The third-order valence-electron chi connectivity index (χ3n) is 5.78. The van der Waals surface area contributed by atoms with Gasteiger partial charge in [-0.1, -0.05) is 98.1 Å². The van der Waals surface area contributed by atoms with Gasteiger partial charge in [-0.3, -0.25) is 9.11 Å². The molecular weight excluding hydrogens is 496 g/mol. The van der Waals surface area contributed by atoms with Crippen molar-refractivity contribution in [3.63, 3.8) is 0 Å². The predicted molar refractivity (Wildman–Crippen MR) is 141 cm³/mol. The van der Waals surface area contributed by atoms with Gasteiger partial charge in [-0.25, -0.2) is 0 Å². The maximum absolute atomic E-state index is 11.7. The van der Waals surface area contributed by atoms with Crippen LogP contribution in [0.5, 0.6) is 0 Å². The Bertz CT molecular complexity index is 1550. The lowest BCUT2D eigenvalue weighted by Crippen LogP contribution is -2.03. The van der Waals surface area contributed by atoms with Crippen LogP contribution in [0.25, 0.3) is 22.3 Å². The van der Waals surface area contributed by atoms with Crippen molar-refractivity contribution in [2.45, 2.75) is 9.79 Å². The van der Waals surface area contributed by atoms with Gasteiger partial charge in [-0.05, 0) is 45.5 Å². The van der Waals surface area contributed by atoms with Crippen LogP contribution in [0.15, 0.2) is 120 Å². The summed E-state index contributed by atoms with van der Waals surface area (Å²) in [7, 11) is -8.79. The van der Waals surface area contributed by atoms with Gasteiger partial charge in [0.1, 0.15) is 9.79 Å². The maximum Gasteiger partial charge on any atom is 0.295 e. The predicted octanol–water partition coefficient (Wildman–Crippen LogP) is 5.97. The van der Waals surface area contributed by atoms with E-state index in [1.54, 1.807) is 24.3 Å². The first-order valence-corrected chi connectivity index (χ1v) is 13.6. The van der Waals surface area contributed by atoms with Crippen LogP contribution in [0.3, 0.4) is 0 Å². The summed E-state index contributed by atoms with van der Waals surface area (Å²) in [4.78, 5) is -0.407. The van der Waals surface area contributed by atoms with Gasteiger partial charge in [0, 0.05) is 11.1 Å². The molecule has 0 unspecified atom stereocenters. The van der Waals surface area contributed by atoms with Gasteiger partial charge in [0.15, 0.2) is 0 Å². The van der Waals surface area contributed by atoms with Gasteiger partial charge < -0.3 is 0 Å². The summed E-state index contributed by atoms with van der Waals surface area (Å²) in [5, 5.41) is 0. The molecule has 2 N–H and O–H groups in total. The smallest absolute Gasteiger partial charge is 0.282 e. The van der Waals surface area contributed by atoms with Crippen molar-refractivity contribution in [2.24, 2.45) is 0 Å². The highest BCUT2D eigenvalue weighted by atomic mass is 32.2. The highest BCUT2D eigenvalue weighted by molar-refractivity contribution is 7.86. The lowest BCUT2D eigenvalue weighted by atomic mass is 9.95. The Morgan fingerprint density at radius 2 is 0.806 bits per heavy atom. The Labute approximate surface area is 210 Å². The first kappa shape index (κ1) is 25.3. The van der Waals surface area contributed by atoms with Crippen LogP contribution in [0.4, 0.5) is 0 Å². The molecule has 0 spiro atoms. The minimum absolute atomic E-state index is 0.203. The molecule has 0 saturated carbocycles. The highest BCUT2D eigenvalue weighted by Crippen LogP contribution is 2.31. The summed E-state index contributed by atoms with van der Waals surface area (Å²) in [6.45, 7) is 8.02. The van der Waals surface area contributed by atoms with E-state index < -0.39 is 20.2 Å². The minimum Gasteiger partial charge on any atom is -0.282 e. The molecule has 0 atom stereocenters. The second kappa shape index (κ2) is 9.67. The van der Waals surface area contributed by atoms with Gasteiger partial charge in [-0.2, -0.15) is 16.8 Å². The van der Waals surface area contributed by atoms with E-state index >= 15 is 0 Å². The van der Waals surface area contributed by atoms with Crippen molar-refractivity contribution in [3.05, 3.63) is 132 Å². The van der Waals surface area contributed by atoms with Gasteiger partial charge in [0.25, 0.3) is 20.2 Å². The summed E-state index contributed by atoms with van der Waals surface area (Å²) in [6.07, 6.45) is 0. The third-order valence-corrected chi connectivity index (χ3v) is 7.60. The summed E-state index contributed by atoms with van der Waals surface area (Å²) in [6, 6.07) is 27.0. The van der Waals surface area contributed by atoms with Crippen molar-refractivity contribution >= 4 is 31.4 Å². The number of hydrogen-bond donors (Lipinski definition) is 2. The normalized spacial score (nSPS) is 11.7. The lowest BCUT2D eigenvalue weighted by molar-refractivity contribution is 0.480. The Hall–Kier alpha value is -3.82. The molecule has 6 nitrogen and oxygen atoms in total. The van der Waals surface area contributed by atoms with E-state index in [0.717, 1.165) is 11.1 Å². The molecule has 4 rings (SSSR count). The molecule has 0 fully saturated rings. The molecule has 0 amide bonds. The van der Waals surface area contributed by atoms with Crippen molar-refractivity contribution in [2.75, 3.05) is 0 Å². The van der Waals surface area contributed by atoms with Crippen molar-refractivity contribution in [3.8, 4) is 11.1 Å². The SMILES string of the molecule is C=C(c1ccc(-c2ccc(C(=C)c3ccccc3S(=O)(=O)O)cc2)cc1)c1ccccc1S(=O)(=O)O. The summed E-state index contributed by atoms with van der Waals surface area (Å²) >= 11 is 0. The van der Waals surface area contributed by atoms with E-state index in [-0.39, 0.29) is 9.79 Å². The molecular formula is C28H22O6S2. The maximum atomic E-state index is 11.7. The topological polar surface area (TPSA) is 109 Å². The fourth-order valence-corrected chi connectivity index (χ4v) is 5.36. The number of benzene rings is 4.